The van der Waals surface area contributed by atoms with Gasteiger partial charge >= 0.3 is 0 Å². The van der Waals surface area contributed by atoms with Crippen LogP contribution in [0.25, 0.3) is 10.9 Å². The summed E-state index contributed by atoms with van der Waals surface area (Å²) in [5.41, 5.74) is 0.890. The molecule has 2 bridgehead atoms. The van der Waals surface area contributed by atoms with E-state index in [9.17, 15) is 5.11 Å². The second kappa shape index (κ2) is 6.11. The number of pyridine rings is 1. The highest BCUT2D eigenvalue weighted by molar-refractivity contribution is 5.84. The first kappa shape index (κ1) is 16.6. The number of aromatic nitrogens is 1. The first-order chi connectivity index (χ1) is 12.0. The molecule has 4 heteroatoms. The molecule has 1 aromatic carbocycles. The molecule has 132 valence electrons. The summed E-state index contributed by atoms with van der Waals surface area (Å²) in [7, 11) is 1.66. The molecule has 0 aliphatic carbocycles. The van der Waals surface area contributed by atoms with Gasteiger partial charge in [0, 0.05) is 24.2 Å². The fourth-order valence-electron chi connectivity index (χ4n) is 4.79. The van der Waals surface area contributed by atoms with Crippen molar-refractivity contribution in [2.24, 2.45) is 11.8 Å². The number of rotatable bonds is 4. The van der Waals surface area contributed by atoms with E-state index >= 15 is 0 Å². The first-order valence-corrected chi connectivity index (χ1v) is 9.07. The number of ether oxygens (including phenoxy) is 1. The molecule has 1 unspecified atom stereocenters. The van der Waals surface area contributed by atoms with Crippen LogP contribution in [0.3, 0.4) is 0 Å². The third-order valence-corrected chi connectivity index (χ3v) is 6.25. The average Bonchev–Trinajstić information content (AvgIpc) is 2.67. The van der Waals surface area contributed by atoms with Gasteiger partial charge < -0.3 is 9.84 Å². The third-order valence-electron chi connectivity index (χ3n) is 6.25. The fraction of sp³-hybridized carbons (Fsp3) is 0.476. The second-order valence-electron chi connectivity index (χ2n) is 7.58. The van der Waals surface area contributed by atoms with E-state index < -0.39 is 5.60 Å². The van der Waals surface area contributed by atoms with Gasteiger partial charge in [-0.1, -0.05) is 6.08 Å². The number of hydrogen-bond donors (Lipinski definition) is 1. The van der Waals surface area contributed by atoms with E-state index in [-0.39, 0.29) is 6.04 Å². The highest BCUT2D eigenvalue weighted by Gasteiger charge is 2.47. The lowest BCUT2D eigenvalue weighted by atomic mass is 9.70. The monoisotopic (exact) mass is 338 g/mol. The van der Waals surface area contributed by atoms with E-state index in [4.69, 9.17) is 4.74 Å². The molecule has 0 spiro atoms. The largest absolute Gasteiger partial charge is 0.497 e. The van der Waals surface area contributed by atoms with Gasteiger partial charge in [-0.3, -0.25) is 9.88 Å². The molecule has 3 aliphatic rings. The van der Waals surface area contributed by atoms with E-state index in [2.05, 4.69) is 22.5 Å². The zero-order valence-electron chi connectivity index (χ0n) is 15.0. The van der Waals surface area contributed by atoms with Gasteiger partial charge in [0.15, 0.2) is 0 Å². The van der Waals surface area contributed by atoms with Gasteiger partial charge in [-0.2, -0.15) is 0 Å². The molecule has 0 saturated carbocycles. The lowest BCUT2D eigenvalue weighted by Gasteiger charge is -2.53. The number of methoxy groups -OCH3 is 1. The molecular formula is C21H26N2O2. The molecule has 3 saturated heterocycles. The molecule has 1 aromatic heterocycles. The number of benzene rings is 1. The first-order valence-electron chi connectivity index (χ1n) is 9.07. The molecule has 4 heterocycles. The van der Waals surface area contributed by atoms with Gasteiger partial charge in [0.25, 0.3) is 0 Å². The number of aliphatic hydroxyl groups is 1. The maximum atomic E-state index is 11.6. The van der Waals surface area contributed by atoms with E-state index in [0.717, 1.165) is 41.7 Å². The minimum absolute atomic E-state index is 0.124. The molecule has 0 amide bonds. The summed E-state index contributed by atoms with van der Waals surface area (Å²) in [6.07, 6.45) is 6.10. The van der Waals surface area contributed by atoms with Crippen molar-refractivity contribution >= 4 is 10.9 Å². The molecule has 5 atom stereocenters. The van der Waals surface area contributed by atoms with Crippen LogP contribution in [0.4, 0.5) is 0 Å². The van der Waals surface area contributed by atoms with Crippen molar-refractivity contribution in [3.05, 3.63) is 48.7 Å². The molecular weight excluding hydrogens is 312 g/mol. The van der Waals surface area contributed by atoms with Crippen LogP contribution in [0.15, 0.2) is 43.1 Å². The highest BCUT2D eigenvalue weighted by Crippen LogP contribution is 2.44. The Hall–Kier alpha value is -1.91. The van der Waals surface area contributed by atoms with Crippen LogP contribution in [0, 0.1) is 11.8 Å². The van der Waals surface area contributed by atoms with Gasteiger partial charge in [0.2, 0.25) is 0 Å². The van der Waals surface area contributed by atoms with Crippen molar-refractivity contribution in [1.29, 1.82) is 0 Å². The minimum atomic E-state index is -0.932. The Kier molecular flexibility index (Phi) is 4.05. The van der Waals surface area contributed by atoms with Gasteiger partial charge in [-0.25, -0.2) is 0 Å². The molecule has 2 aromatic rings. The average molecular weight is 338 g/mol. The zero-order valence-corrected chi connectivity index (χ0v) is 15.0. The lowest BCUT2D eigenvalue weighted by molar-refractivity contribution is -0.0986. The number of fused-ring (bicyclic) bond motifs is 4. The van der Waals surface area contributed by atoms with Crippen LogP contribution in [-0.2, 0) is 5.60 Å². The third kappa shape index (κ3) is 2.64. The summed E-state index contributed by atoms with van der Waals surface area (Å²) in [6, 6.07) is 7.92. The van der Waals surface area contributed by atoms with Crippen molar-refractivity contribution in [2.45, 2.75) is 31.4 Å². The van der Waals surface area contributed by atoms with E-state index in [1.54, 1.807) is 13.3 Å². The smallest absolute Gasteiger partial charge is 0.119 e. The Labute approximate surface area is 149 Å². The Bertz CT molecular complexity index is 802. The Balaban J connectivity index is 1.76. The summed E-state index contributed by atoms with van der Waals surface area (Å²) in [4.78, 5) is 6.90. The van der Waals surface area contributed by atoms with Crippen molar-refractivity contribution in [1.82, 2.24) is 9.88 Å². The van der Waals surface area contributed by atoms with Gasteiger partial charge in [-0.15, -0.1) is 6.58 Å². The summed E-state index contributed by atoms with van der Waals surface area (Å²) >= 11 is 0. The topological polar surface area (TPSA) is 45.6 Å². The maximum Gasteiger partial charge on any atom is 0.119 e. The van der Waals surface area contributed by atoms with Crippen molar-refractivity contribution < 1.29 is 9.84 Å². The minimum Gasteiger partial charge on any atom is -0.497 e. The number of hydrogen-bond acceptors (Lipinski definition) is 4. The molecule has 4 nitrogen and oxygen atoms in total. The van der Waals surface area contributed by atoms with E-state index in [1.807, 2.05) is 31.2 Å². The second-order valence-corrected chi connectivity index (χ2v) is 7.58. The summed E-state index contributed by atoms with van der Waals surface area (Å²) in [5, 5.41) is 12.6. The standard InChI is InChI=1S/C21H26N2O2/c1-4-14-13-23-10-8-15(14)11-20(23)21(2,24)18-7-9-22-19-6-5-16(25-3)12-17(18)19/h4-7,9,12,14-15,20,24H,1,8,10-11,13H2,2-3H3/t14-,15-,20+,21-/m0/s1. The van der Waals surface area contributed by atoms with Crippen LogP contribution >= 0.6 is 0 Å². The Morgan fingerprint density at radius 2 is 2.24 bits per heavy atom. The van der Waals surface area contributed by atoms with Gasteiger partial charge in [0.05, 0.1) is 12.6 Å². The van der Waals surface area contributed by atoms with Crippen LogP contribution in [-0.4, -0.2) is 41.2 Å². The normalized spacial score (nSPS) is 30.8. The number of piperidine rings is 3. The molecule has 1 N–H and O–H groups in total. The molecule has 3 fully saturated rings. The van der Waals surface area contributed by atoms with Crippen molar-refractivity contribution in [3.8, 4) is 5.75 Å². The van der Waals surface area contributed by atoms with Crippen LogP contribution in [0.5, 0.6) is 5.75 Å². The summed E-state index contributed by atoms with van der Waals surface area (Å²) in [5.74, 6) is 1.96. The summed E-state index contributed by atoms with van der Waals surface area (Å²) in [6.45, 7) is 8.01. The van der Waals surface area contributed by atoms with Crippen molar-refractivity contribution in [3.63, 3.8) is 0 Å². The fourth-order valence-corrected chi connectivity index (χ4v) is 4.79. The Morgan fingerprint density at radius 3 is 2.92 bits per heavy atom. The molecule has 25 heavy (non-hydrogen) atoms. The lowest BCUT2D eigenvalue weighted by Crippen LogP contribution is -2.59. The van der Waals surface area contributed by atoms with Gasteiger partial charge in [-0.05, 0) is 68.0 Å². The van der Waals surface area contributed by atoms with E-state index in [1.165, 1.54) is 6.42 Å². The zero-order chi connectivity index (χ0) is 17.6. The van der Waals surface area contributed by atoms with Crippen molar-refractivity contribution in [2.75, 3.05) is 20.2 Å². The predicted molar refractivity (Wildman–Crippen MR) is 99.6 cm³/mol. The summed E-state index contributed by atoms with van der Waals surface area (Å²) < 4.78 is 5.38. The molecule has 0 radical (unpaired) electrons. The van der Waals surface area contributed by atoms with Crippen LogP contribution in [0.2, 0.25) is 0 Å². The van der Waals surface area contributed by atoms with Crippen LogP contribution < -0.4 is 4.74 Å². The molecule has 3 aliphatic heterocycles. The number of nitrogens with zero attached hydrogens (tertiary/aromatic N) is 2. The van der Waals surface area contributed by atoms with Crippen LogP contribution in [0.1, 0.15) is 25.3 Å². The highest BCUT2D eigenvalue weighted by atomic mass is 16.5. The Morgan fingerprint density at radius 1 is 1.40 bits per heavy atom. The predicted octanol–water partition coefficient (Wildman–Crippen LogP) is 3.35. The van der Waals surface area contributed by atoms with Gasteiger partial charge in [0.1, 0.15) is 11.4 Å². The maximum absolute atomic E-state index is 11.6. The quantitative estimate of drug-likeness (QED) is 0.869. The SMILES string of the molecule is C=C[C@H]1CN2CC[C@H]1C[C@@H]2[C@@](C)(O)c1ccnc2ccc(OC)cc12. The van der Waals surface area contributed by atoms with E-state index in [0.29, 0.717) is 11.8 Å². The molecule has 5 rings (SSSR count).